The number of anilines is 1. The van der Waals surface area contributed by atoms with E-state index in [4.69, 9.17) is 5.73 Å². The monoisotopic (exact) mass is 325 g/mol. The van der Waals surface area contributed by atoms with Crippen molar-refractivity contribution in [1.29, 1.82) is 0 Å². The lowest BCUT2D eigenvalue weighted by Crippen LogP contribution is -1.94. The van der Waals surface area contributed by atoms with E-state index in [1.807, 2.05) is 78.9 Å². The van der Waals surface area contributed by atoms with Crippen LogP contribution < -0.4 is 5.73 Å². The van der Waals surface area contributed by atoms with E-state index in [2.05, 4.69) is 0 Å². The van der Waals surface area contributed by atoms with E-state index in [1.165, 1.54) is 0 Å². The lowest BCUT2D eigenvalue weighted by atomic mass is 10.0. The van der Waals surface area contributed by atoms with E-state index >= 15 is 0 Å². The highest BCUT2D eigenvalue weighted by Crippen LogP contribution is 2.18. The number of hydrogen-bond acceptors (Lipinski definition) is 2. The minimum absolute atomic E-state index is 0.0368. The first-order chi connectivity index (χ1) is 12.2. The first-order valence-electron chi connectivity index (χ1n) is 8.12. The molecule has 0 spiro atoms. The van der Waals surface area contributed by atoms with E-state index in [-0.39, 0.29) is 5.78 Å². The molecule has 0 aromatic heterocycles. The van der Waals surface area contributed by atoms with E-state index in [9.17, 15) is 4.79 Å². The van der Waals surface area contributed by atoms with Gasteiger partial charge in [-0.2, -0.15) is 0 Å². The number of carbonyl (C=O) groups is 1. The Labute approximate surface area is 147 Å². The number of hydrogen-bond donors (Lipinski definition) is 1. The zero-order valence-corrected chi connectivity index (χ0v) is 13.8. The topological polar surface area (TPSA) is 43.1 Å². The highest BCUT2D eigenvalue weighted by atomic mass is 16.1. The van der Waals surface area contributed by atoms with E-state index in [0.717, 1.165) is 16.7 Å². The van der Waals surface area contributed by atoms with Crippen molar-refractivity contribution in [2.24, 2.45) is 0 Å². The molecule has 3 aromatic carbocycles. The molecule has 0 heterocycles. The number of carbonyl (C=O) groups excluding carboxylic acids is 1. The van der Waals surface area contributed by atoms with Gasteiger partial charge in [-0.25, -0.2) is 0 Å². The molecule has 0 unspecified atom stereocenters. The number of allylic oxidation sites excluding steroid dienone is 1. The van der Waals surface area contributed by atoms with Gasteiger partial charge >= 0.3 is 0 Å². The van der Waals surface area contributed by atoms with Crippen molar-refractivity contribution in [3.8, 4) is 0 Å². The van der Waals surface area contributed by atoms with Crippen LogP contribution in [0.2, 0.25) is 0 Å². The van der Waals surface area contributed by atoms with Gasteiger partial charge in [-0.05, 0) is 41.0 Å². The Morgan fingerprint density at radius 2 is 1.36 bits per heavy atom. The van der Waals surface area contributed by atoms with Crippen molar-refractivity contribution in [3.63, 3.8) is 0 Å². The standard InChI is InChI=1S/C23H19NO/c24-22-15-13-19(12-11-18-7-3-1-4-8-18)17-21(22)14-16-23(25)20-9-5-2-6-10-20/h1-17H,24H2/b12-11?,16-14+. The zero-order valence-electron chi connectivity index (χ0n) is 13.8. The fourth-order valence-electron chi connectivity index (χ4n) is 2.46. The second-order valence-electron chi connectivity index (χ2n) is 5.70. The molecule has 3 aromatic rings. The van der Waals surface area contributed by atoms with Gasteiger partial charge in [0.1, 0.15) is 0 Å². The molecule has 0 saturated carbocycles. The molecule has 0 amide bonds. The summed E-state index contributed by atoms with van der Waals surface area (Å²) in [6, 6.07) is 25.1. The molecule has 0 fully saturated rings. The van der Waals surface area contributed by atoms with Gasteiger partial charge in [0.15, 0.2) is 5.78 Å². The van der Waals surface area contributed by atoms with Gasteiger partial charge in [0.2, 0.25) is 0 Å². The molecule has 0 atom stereocenters. The lowest BCUT2D eigenvalue weighted by Gasteiger charge is -2.03. The van der Waals surface area contributed by atoms with Crippen LogP contribution in [-0.2, 0) is 0 Å². The fraction of sp³-hybridized carbons (Fsp3) is 0. The van der Waals surface area contributed by atoms with Gasteiger partial charge < -0.3 is 5.73 Å². The molecular formula is C23H19NO. The third kappa shape index (κ3) is 4.55. The Morgan fingerprint density at radius 3 is 2.08 bits per heavy atom. The van der Waals surface area contributed by atoms with Gasteiger partial charge in [-0.3, -0.25) is 4.79 Å². The Balaban J connectivity index is 1.79. The number of nitrogen functional groups attached to an aromatic ring is 1. The molecule has 0 aliphatic carbocycles. The number of benzene rings is 3. The van der Waals surface area contributed by atoms with Gasteiger partial charge in [-0.15, -0.1) is 0 Å². The molecule has 0 aliphatic heterocycles. The largest absolute Gasteiger partial charge is 0.398 e. The van der Waals surface area contributed by atoms with Crippen LogP contribution in [0.5, 0.6) is 0 Å². The van der Waals surface area contributed by atoms with E-state index < -0.39 is 0 Å². The summed E-state index contributed by atoms with van der Waals surface area (Å²) in [5.41, 5.74) is 10.3. The summed E-state index contributed by atoms with van der Waals surface area (Å²) in [6.45, 7) is 0. The van der Waals surface area contributed by atoms with Gasteiger partial charge in [-0.1, -0.05) is 78.9 Å². The Bertz CT molecular complexity index is 909. The highest BCUT2D eigenvalue weighted by Gasteiger charge is 2.01. The maximum atomic E-state index is 12.2. The second kappa shape index (κ2) is 7.93. The lowest BCUT2D eigenvalue weighted by molar-refractivity contribution is 0.104. The van der Waals surface area contributed by atoms with Crippen LogP contribution in [0.3, 0.4) is 0 Å². The predicted molar refractivity (Wildman–Crippen MR) is 106 cm³/mol. The molecule has 0 radical (unpaired) electrons. The molecule has 2 N–H and O–H groups in total. The van der Waals surface area contributed by atoms with E-state index in [1.54, 1.807) is 24.3 Å². The van der Waals surface area contributed by atoms with Crippen molar-refractivity contribution < 1.29 is 4.79 Å². The zero-order chi connectivity index (χ0) is 17.5. The third-order valence-corrected chi connectivity index (χ3v) is 3.85. The molecule has 0 bridgehead atoms. The fourth-order valence-corrected chi connectivity index (χ4v) is 2.46. The first kappa shape index (κ1) is 16.5. The summed E-state index contributed by atoms with van der Waals surface area (Å²) < 4.78 is 0. The van der Waals surface area contributed by atoms with Gasteiger partial charge in [0, 0.05) is 11.3 Å². The van der Waals surface area contributed by atoms with Crippen molar-refractivity contribution in [2.75, 3.05) is 5.73 Å². The molecule has 25 heavy (non-hydrogen) atoms. The summed E-state index contributed by atoms with van der Waals surface area (Å²) in [5, 5.41) is 0. The van der Waals surface area contributed by atoms with Crippen molar-refractivity contribution in [3.05, 3.63) is 107 Å². The minimum atomic E-state index is -0.0368. The summed E-state index contributed by atoms with van der Waals surface area (Å²) >= 11 is 0. The summed E-state index contributed by atoms with van der Waals surface area (Å²) in [6.07, 6.45) is 7.41. The number of nitrogens with two attached hydrogens (primary N) is 1. The highest BCUT2D eigenvalue weighted by molar-refractivity contribution is 6.07. The van der Waals surface area contributed by atoms with Crippen LogP contribution >= 0.6 is 0 Å². The third-order valence-electron chi connectivity index (χ3n) is 3.85. The smallest absolute Gasteiger partial charge is 0.185 e. The van der Waals surface area contributed by atoms with Crippen LogP contribution in [0.15, 0.2) is 84.9 Å². The van der Waals surface area contributed by atoms with Crippen molar-refractivity contribution >= 4 is 29.7 Å². The summed E-state index contributed by atoms with van der Waals surface area (Å²) in [7, 11) is 0. The van der Waals surface area contributed by atoms with Crippen LogP contribution in [0, 0.1) is 0 Å². The summed E-state index contributed by atoms with van der Waals surface area (Å²) in [4.78, 5) is 12.2. The van der Waals surface area contributed by atoms with Crippen molar-refractivity contribution in [1.82, 2.24) is 0 Å². The summed E-state index contributed by atoms with van der Waals surface area (Å²) in [5.74, 6) is -0.0368. The number of rotatable bonds is 5. The molecule has 3 rings (SSSR count). The molecule has 2 nitrogen and oxygen atoms in total. The molecule has 0 aliphatic rings. The maximum absolute atomic E-state index is 12.2. The molecule has 0 saturated heterocycles. The quantitative estimate of drug-likeness (QED) is 0.298. The average Bonchev–Trinajstić information content (AvgIpc) is 2.67. The molecular weight excluding hydrogens is 306 g/mol. The maximum Gasteiger partial charge on any atom is 0.185 e. The molecule has 122 valence electrons. The van der Waals surface area contributed by atoms with Crippen molar-refractivity contribution in [2.45, 2.75) is 0 Å². The normalized spacial score (nSPS) is 11.2. The Morgan fingerprint density at radius 1 is 0.720 bits per heavy atom. The number of ketones is 1. The Hall–Kier alpha value is -3.39. The Kier molecular flexibility index (Phi) is 5.22. The van der Waals surface area contributed by atoms with Crippen LogP contribution in [0.4, 0.5) is 5.69 Å². The van der Waals surface area contributed by atoms with Gasteiger partial charge in [0.05, 0.1) is 0 Å². The first-order valence-corrected chi connectivity index (χ1v) is 8.12. The van der Waals surface area contributed by atoms with Gasteiger partial charge in [0.25, 0.3) is 0 Å². The average molecular weight is 325 g/mol. The second-order valence-corrected chi connectivity index (χ2v) is 5.70. The van der Waals surface area contributed by atoms with E-state index in [0.29, 0.717) is 11.3 Å². The van der Waals surface area contributed by atoms with Crippen LogP contribution in [0.1, 0.15) is 27.0 Å². The van der Waals surface area contributed by atoms with Crippen LogP contribution in [-0.4, -0.2) is 5.78 Å². The minimum Gasteiger partial charge on any atom is -0.398 e. The SMILES string of the molecule is Nc1ccc(C=Cc2ccccc2)cc1/C=C/C(=O)c1ccccc1. The van der Waals surface area contributed by atoms with Crippen LogP contribution in [0.25, 0.3) is 18.2 Å². The molecule has 2 heteroatoms. The predicted octanol–water partition coefficient (Wildman–Crippen LogP) is 5.34.